The monoisotopic (exact) mass is 382 g/mol. The van der Waals surface area contributed by atoms with E-state index in [1.807, 2.05) is 79.0 Å². The van der Waals surface area contributed by atoms with Crippen LogP contribution >= 0.6 is 0 Å². The van der Waals surface area contributed by atoms with Gasteiger partial charge < -0.3 is 15.4 Å². The van der Waals surface area contributed by atoms with Crippen molar-refractivity contribution in [2.45, 2.75) is 6.35 Å². The summed E-state index contributed by atoms with van der Waals surface area (Å²) in [6, 6.07) is 25.3. The van der Waals surface area contributed by atoms with Crippen LogP contribution in [0.25, 0.3) is 27.8 Å². The number of benzene rings is 3. The van der Waals surface area contributed by atoms with E-state index in [0.29, 0.717) is 5.39 Å². The summed E-state index contributed by atoms with van der Waals surface area (Å²) in [6.45, 7) is 0. The molecule has 0 saturated carbocycles. The lowest BCUT2D eigenvalue weighted by Crippen LogP contribution is -2.30. The largest absolute Gasteiger partial charge is 0.450 e. The van der Waals surface area contributed by atoms with Gasteiger partial charge in [-0.1, -0.05) is 60.7 Å². The average molecular weight is 382 g/mol. The Morgan fingerprint density at radius 3 is 2.34 bits per heavy atom. The van der Waals surface area contributed by atoms with Crippen LogP contribution in [-0.4, -0.2) is 16.5 Å². The maximum Gasteiger partial charge on any atom is 0.272 e. The second-order valence-corrected chi connectivity index (χ2v) is 6.71. The van der Waals surface area contributed by atoms with E-state index in [4.69, 9.17) is 4.74 Å². The third-order valence-electron chi connectivity index (χ3n) is 4.82. The van der Waals surface area contributed by atoms with E-state index in [-0.39, 0.29) is 11.9 Å². The molecule has 4 aromatic rings. The van der Waals surface area contributed by atoms with E-state index in [9.17, 15) is 4.79 Å². The number of fused-ring (bicyclic) bond motifs is 1. The molecule has 0 spiro atoms. The molecule has 0 fully saturated rings. The van der Waals surface area contributed by atoms with Gasteiger partial charge in [-0.25, -0.2) is 5.10 Å². The lowest BCUT2D eigenvalue weighted by Gasteiger charge is -2.16. The fourth-order valence-electron chi connectivity index (χ4n) is 3.38. The quantitative estimate of drug-likeness (QED) is 0.499. The van der Waals surface area contributed by atoms with Crippen LogP contribution in [0.4, 0.5) is 5.69 Å². The molecular formula is C23H18N4O2. The van der Waals surface area contributed by atoms with E-state index in [0.717, 1.165) is 33.7 Å². The molecule has 5 rings (SSSR count). The Bertz CT molecular complexity index is 1250. The first-order chi connectivity index (χ1) is 14.3. The molecule has 6 nitrogen and oxygen atoms in total. The fourth-order valence-corrected chi connectivity index (χ4v) is 3.38. The van der Waals surface area contributed by atoms with Gasteiger partial charge >= 0.3 is 0 Å². The summed E-state index contributed by atoms with van der Waals surface area (Å²) in [7, 11) is 0. The number of H-pyrrole nitrogens is 1. The van der Waals surface area contributed by atoms with Gasteiger partial charge in [0.2, 0.25) is 6.35 Å². The molecule has 29 heavy (non-hydrogen) atoms. The predicted molar refractivity (Wildman–Crippen MR) is 114 cm³/mol. The number of nitrogens with one attached hydrogen (secondary N) is 3. The zero-order chi connectivity index (χ0) is 19.6. The van der Waals surface area contributed by atoms with Crippen LogP contribution in [0, 0.1) is 0 Å². The molecule has 1 aliphatic heterocycles. The van der Waals surface area contributed by atoms with Crippen molar-refractivity contribution >= 4 is 22.2 Å². The summed E-state index contributed by atoms with van der Waals surface area (Å²) in [5, 5.41) is 14.8. The Labute approximate surface area is 166 Å². The summed E-state index contributed by atoms with van der Waals surface area (Å²) in [5.41, 5.74) is 3.41. The molecule has 142 valence electrons. The Balaban J connectivity index is 1.33. The van der Waals surface area contributed by atoms with Crippen LogP contribution in [-0.2, 0) is 4.74 Å². The highest BCUT2D eigenvalue weighted by Gasteiger charge is 2.18. The summed E-state index contributed by atoms with van der Waals surface area (Å²) in [6.07, 6.45) is 1.51. The summed E-state index contributed by atoms with van der Waals surface area (Å²) in [5.74, 6) is 0.795. The lowest BCUT2D eigenvalue weighted by molar-refractivity contribution is 0.199. The molecule has 0 bridgehead atoms. The SMILES string of the molecule is O=c1[nH]nc(-c2ccc(NC3NC=C(c4ccccc4)O3)cc2)c2ccccc12. The molecule has 0 aliphatic carbocycles. The molecule has 1 aromatic heterocycles. The molecule has 0 radical (unpaired) electrons. The zero-order valence-corrected chi connectivity index (χ0v) is 15.4. The summed E-state index contributed by atoms with van der Waals surface area (Å²) >= 11 is 0. The number of rotatable bonds is 4. The van der Waals surface area contributed by atoms with Crippen molar-refractivity contribution in [3.05, 3.63) is 101 Å². The Kier molecular flexibility index (Phi) is 4.22. The van der Waals surface area contributed by atoms with Gasteiger partial charge in [-0.15, -0.1) is 0 Å². The first-order valence-corrected chi connectivity index (χ1v) is 9.31. The average Bonchev–Trinajstić information content (AvgIpc) is 3.24. The fraction of sp³-hybridized carbons (Fsp3) is 0.0435. The molecular weight excluding hydrogens is 364 g/mol. The molecule has 3 aromatic carbocycles. The third kappa shape index (κ3) is 3.32. The summed E-state index contributed by atoms with van der Waals surface area (Å²) in [4.78, 5) is 12.0. The number of aromatic nitrogens is 2. The first-order valence-electron chi connectivity index (χ1n) is 9.31. The van der Waals surface area contributed by atoms with Crippen LogP contribution in [0.5, 0.6) is 0 Å². The van der Waals surface area contributed by atoms with Gasteiger partial charge in [0.15, 0.2) is 0 Å². The maximum absolute atomic E-state index is 12.0. The van der Waals surface area contributed by atoms with Crippen LogP contribution < -0.4 is 16.2 Å². The normalized spacial score (nSPS) is 15.4. The van der Waals surface area contributed by atoms with Gasteiger partial charge in [0, 0.05) is 28.4 Å². The van der Waals surface area contributed by atoms with Crippen molar-refractivity contribution in [3.63, 3.8) is 0 Å². The van der Waals surface area contributed by atoms with Crippen molar-refractivity contribution in [1.82, 2.24) is 15.5 Å². The number of hydrogen-bond acceptors (Lipinski definition) is 5. The van der Waals surface area contributed by atoms with Gasteiger partial charge in [0.1, 0.15) is 5.76 Å². The number of aromatic amines is 1. The molecule has 3 N–H and O–H groups in total. The van der Waals surface area contributed by atoms with E-state index < -0.39 is 0 Å². The van der Waals surface area contributed by atoms with E-state index >= 15 is 0 Å². The minimum absolute atomic E-state index is 0.186. The summed E-state index contributed by atoms with van der Waals surface area (Å²) < 4.78 is 5.92. The number of ether oxygens (including phenoxy) is 1. The van der Waals surface area contributed by atoms with E-state index in [1.54, 1.807) is 6.07 Å². The van der Waals surface area contributed by atoms with Crippen LogP contribution in [0.2, 0.25) is 0 Å². The molecule has 1 atom stereocenters. The van der Waals surface area contributed by atoms with E-state index in [2.05, 4.69) is 20.8 Å². The maximum atomic E-state index is 12.0. The molecule has 0 amide bonds. The van der Waals surface area contributed by atoms with Gasteiger partial charge in [-0.2, -0.15) is 5.10 Å². The van der Waals surface area contributed by atoms with Crippen LogP contribution in [0.3, 0.4) is 0 Å². The Hall–Kier alpha value is -4.06. The number of nitrogens with zero attached hydrogens (tertiary/aromatic N) is 1. The molecule has 2 heterocycles. The Morgan fingerprint density at radius 2 is 1.55 bits per heavy atom. The highest BCUT2D eigenvalue weighted by atomic mass is 16.5. The second kappa shape index (κ2) is 7.16. The van der Waals surface area contributed by atoms with Gasteiger partial charge in [-0.3, -0.25) is 4.79 Å². The lowest BCUT2D eigenvalue weighted by atomic mass is 10.0. The third-order valence-corrected chi connectivity index (χ3v) is 4.82. The van der Waals surface area contributed by atoms with E-state index in [1.165, 1.54) is 0 Å². The Morgan fingerprint density at radius 1 is 0.828 bits per heavy atom. The van der Waals surface area contributed by atoms with Gasteiger partial charge in [-0.05, 0) is 18.2 Å². The number of anilines is 1. The second-order valence-electron chi connectivity index (χ2n) is 6.71. The molecule has 1 aliphatic rings. The van der Waals surface area contributed by atoms with Gasteiger partial charge in [0.05, 0.1) is 11.1 Å². The molecule has 0 saturated heterocycles. The smallest absolute Gasteiger partial charge is 0.272 e. The van der Waals surface area contributed by atoms with Crippen molar-refractivity contribution in [2.75, 3.05) is 5.32 Å². The highest BCUT2D eigenvalue weighted by Crippen LogP contribution is 2.26. The predicted octanol–water partition coefficient (Wildman–Crippen LogP) is 3.90. The molecule has 1 unspecified atom stereocenters. The minimum atomic E-state index is -0.344. The molecule has 6 heteroatoms. The van der Waals surface area contributed by atoms with Crippen LogP contribution in [0.15, 0.2) is 89.9 Å². The van der Waals surface area contributed by atoms with Crippen molar-refractivity contribution in [2.24, 2.45) is 0 Å². The van der Waals surface area contributed by atoms with Crippen molar-refractivity contribution in [3.8, 4) is 11.3 Å². The highest BCUT2D eigenvalue weighted by molar-refractivity contribution is 5.93. The first kappa shape index (κ1) is 17.1. The van der Waals surface area contributed by atoms with Crippen LogP contribution in [0.1, 0.15) is 5.56 Å². The van der Waals surface area contributed by atoms with Gasteiger partial charge in [0.25, 0.3) is 5.56 Å². The van der Waals surface area contributed by atoms with Crippen molar-refractivity contribution < 1.29 is 4.74 Å². The van der Waals surface area contributed by atoms with Crippen molar-refractivity contribution in [1.29, 1.82) is 0 Å². The standard InChI is InChI=1S/C23H18N4O2/c28-22-19-9-5-4-8-18(19)21(26-27-22)16-10-12-17(13-11-16)25-23-24-14-20(29-23)15-6-2-1-3-7-15/h1-14,23-25H,(H,27,28). The number of hydrogen-bond donors (Lipinski definition) is 3. The minimum Gasteiger partial charge on any atom is -0.450 e. The topological polar surface area (TPSA) is 79.0 Å². The zero-order valence-electron chi connectivity index (χ0n) is 15.4.